The lowest BCUT2D eigenvalue weighted by Gasteiger charge is -2.24. The Kier molecular flexibility index (Phi) is 3.03. The van der Waals surface area contributed by atoms with E-state index in [-0.39, 0.29) is 11.2 Å². The summed E-state index contributed by atoms with van der Waals surface area (Å²) < 4.78 is 13.0. The van der Waals surface area contributed by atoms with Gasteiger partial charge in [-0.3, -0.25) is 0 Å². The molecular weight excluding hydrogens is 217 g/mol. The molecule has 1 aliphatic heterocycles. The zero-order valence-corrected chi connectivity index (χ0v) is 9.91. The van der Waals surface area contributed by atoms with Crippen LogP contribution in [-0.2, 0) is 0 Å². The Balaban J connectivity index is 2.28. The maximum absolute atomic E-state index is 13.0. The van der Waals surface area contributed by atoms with Crippen LogP contribution in [0.15, 0.2) is 18.2 Å². The first-order chi connectivity index (χ1) is 8.08. The lowest BCUT2D eigenvalue weighted by Crippen LogP contribution is -2.31. The lowest BCUT2D eigenvalue weighted by atomic mass is 9.90. The highest BCUT2D eigenvalue weighted by Crippen LogP contribution is 2.33. The predicted octanol–water partition coefficient (Wildman–Crippen LogP) is 1.87. The van der Waals surface area contributed by atoms with Crippen LogP contribution >= 0.6 is 0 Å². The number of halogens is 1. The van der Waals surface area contributed by atoms with Gasteiger partial charge in [0.15, 0.2) is 0 Å². The monoisotopic (exact) mass is 233 g/mol. The molecule has 2 rings (SSSR count). The van der Waals surface area contributed by atoms with Crippen LogP contribution in [0.1, 0.15) is 18.9 Å². The Labute approximate surface area is 101 Å². The van der Waals surface area contributed by atoms with Crippen molar-refractivity contribution in [2.24, 2.45) is 11.1 Å². The molecule has 0 radical (unpaired) electrons. The van der Waals surface area contributed by atoms with Crippen LogP contribution in [0.5, 0.6) is 0 Å². The summed E-state index contributed by atoms with van der Waals surface area (Å²) in [5.41, 5.74) is 7.06. The number of anilines is 1. The van der Waals surface area contributed by atoms with E-state index >= 15 is 0 Å². The molecule has 1 fully saturated rings. The normalized spacial score (nSPS) is 23.8. The molecular formula is C13H16FN3. The van der Waals surface area contributed by atoms with E-state index in [1.807, 2.05) is 6.07 Å². The van der Waals surface area contributed by atoms with Crippen LogP contribution < -0.4 is 10.6 Å². The minimum Gasteiger partial charge on any atom is -0.370 e. The Hall–Kier alpha value is -1.60. The number of nitrogens with two attached hydrogens (primary N) is 1. The minimum absolute atomic E-state index is 0.0983. The fraction of sp³-hybridized carbons (Fsp3) is 0.462. The third kappa shape index (κ3) is 2.25. The van der Waals surface area contributed by atoms with Gasteiger partial charge in [0.2, 0.25) is 0 Å². The molecule has 0 saturated carbocycles. The fourth-order valence-corrected chi connectivity index (χ4v) is 2.27. The van der Waals surface area contributed by atoms with E-state index in [4.69, 9.17) is 11.0 Å². The minimum atomic E-state index is -0.369. The van der Waals surface area contributed by atoms with Crippen LogP contribution in [0.2, 0.25) is 0 Å². The van der Waals surface area contributed by atoms with Gasteiger partial charge in [-0.25, -0.2) is 4.39 Å². The van der Waals surface area contributed by atoms with Gasteiger partial charge in [-0.15, -0.1) is 0 Å². The quantitative estimate of drug-likeness (QED) is 0.848. The second-order valence-corrected chi connectivity index (χ2v) is 4.96. The molecule has 0 bridgehead atoms. The summed E-state index contributed by atoms with van der Waals surface area (Å²) in [4.78, 5) is 2.12. The van der Waals surface area contributed by atoms with E-state index in [0.29, 0.717) is 12.1 Å². The first-order valence-electron chi connectivity index (χ1n) is 5.73. The molecule has 1 aromatic rings. The van der Waals surface area contributed by atoms with Crippen LogP contribution in [0.25, 0.3) is 0 Å². The average Bonchev–Trinajstić information content (AvgIpc) is 2.72. The summed E-state index contributed by atoms with van der Waals surface area (Å²) in [6, 6.07) is 6.40. The smallest absolute Gasteiger partial charge is 0.124 e. The number of nitrogens with zero attached hydrogens (tertiary/aromatic N) is 2. The molecule has 3 nitrogen and oxygen atoms in total. The van der Waals surface area contributed by atoms with Gasteiger partial charge >= 0.3 is 0 Å². The van der Waals surface area contributed by atoms with Gasteiger partial charge in [0.1, 0.15) is 11.9 Å². The molecule has 4 heteroatoms. The number of hydrogen-bond acceptors (Lipinski definition) is 3. The van der Waals surface area contributed by atoms with E-state index in [0.717, 1.165) is 25.2 Å². The Morgan fingerprint density at radius 1 is 1.59 bits per heavy atom. The van der Waals surface area contributed by atoms with Gasteiger partial charge in [-0.05, 0) is 36.6 Å². The molecule has 1 heterocycles. The summed E-state index contributed by atoms with van der Waals surface area (Å²) in [7, 11) is 0. The highest BCUT2D eigenvalue weighted by Gasteiger charge is 2.33. The van der Waals surface area contributed by atoms with Crippen molar-refractivity contribution in [3.63, 3.8) is 0 Å². The van der Waals surface area contributed by atoms with Crippen molar-refractivity contribution in [3.8, 4) is 6.07 Å². The summed E-state index contributed by atoms with van der Waals surface area (Å²) >= 11 is 0. The third-order valence-electron chi connectivity index (χ3n) is 3.47. The van der Waals surface area contributed by atoms with Crippen LogP contribution in [0.3, 0.4) is 0 Å². The number of benzene rings is 1. The molecule has 1 aliphatic rings. The fourth-order valence-electron chi connectivity index (χ4n) is 2.27. The maximum Gasteiger partial charge on any atom is 0.124 e. The second-order valence-electron chi connectivity index (χ2n) is 4.96. The van der Waals surface area contributed by atoms with Crippen molar-refractivity contribution in [2.45, 2.75) is 13.3 Å². The standard InChI is InChI=1S/C13H16FN3/c1-13(8-16)4-5-17(9-13)12-3-2-11(14)6-10(12)7-15/h2-3,6H,4-5,8-9,16H2,1H3. The first kappa shape index (κ1) is 11.9. The molecule has 2 N–H and O–H groups in total. The molecule has 1 aromatic carbocycles. The molecule has 1 saturated heterocycles. The Bertz CT molecular complexity index is 466. The zero-order valence-electron chi connectivity index (χ0n) is 9.91. The van der Waals surface area contributed by atoms with Crippen LogP contribution in [-0.4, -0.2) is 19.6 Å². The van der Waals surface area contributed by atoms with E-state index in [2.05, 4.69) is 11.8 Å². The topological polar surface area (TPSA) is 53.0 Å². The second kappa shape index (κ2) is 4.34. The van der Waals surface area contributed by atoms with Gasteiger partial charge in [0.25, 0.3) is 0 Å². The molecule has 1 unspecified atom stereocenters. The van der Waals surface area contributed by atoms with E-state index < -0.39 is 0 Å². The van der Waals surface area contributed by atoms with Crippen molar-refractivity contribution in [2.75, 3.05) is 24.5 Å². The lowest BCUT2D eigenvalue weighted by molar-refractivity contribution is 0.383. The van der Waals surface area contributed by atoms with Crippen molar-refractivity contribution in [3.05, 3.63) is 29.6 Å². The molecule has 0 spiro atoms. The number of rotatable bonds is 2. The summed E-state index contributed by atoms with van der Waals surface area (Å²) in [5.74, 6) is -0.369. The molecule has 0 aromatic heterocycles. The van der Waals surface area contributed by atoms with Gasteiger partial charge in [0, 0.05) is 13.1 Å². The maximum atomic E-state index is 13.0. The molecule has 1 atom stereocenters. The number of hydrogen-bond donors (Lipinski definition) is 1. The van der Waals surface area contributed by atoms with Crippen molar-refractivity contribution < 1.29 is 4.39 Å². The first-order valence-corrected chi connectivity index (χ1v) is 5.73. The largest absolute Gasteiger partial charge is 0.370 e. The highest BCUT2D eigenvalue weighted by atomic mass is 19.1. The number of nitriles is 1. The van der Waals surface area contributed by atoms with Gasteiger partial charge < -0.3 is 10.6 Å². The van der Waals surface area contributed by atoms with Crippen LogP contribution in [0, 0.1) is 22.6 Å². The summed E-state index contributed by atoms with van der Waals surface area (Å²) in [5, 5.41) is 9.02. The van der Waals surface area contributed by atoms with Crippen molar-refractivity contribution in [1.29, 1.82) is 5.26 Å². The van der Waals surface area contributed by atoms with Crippen molar-refractivity contribution >= 4 is 5.69 Å². The summed E-state index contributed by atoms with van der Waals surface area (Å²) in [6.07, 6.45) is 1.01. The van der Waals surface area contributed by atoms with Gasteiger partial charge in [-0.2, -0.15) is 5.26 Å². The molecule has 0 aliphatic carbocycles. The summed E-state index contributed by atoms with van der Waals surface area (Å²) in [6.45, 7) is 4.47. The Morgan fingerprint density at radius 2 is 2.35 bits per heavy atom. The SMILES string of the molecule is CC1(CN)CCN(c2ccc(F)cc2C#N)C1. The van der Waals surface area contributed by atoms with Gasteiger partial charge in [-0.1, -0.05) is 6.92 Å². The van der Waals surface area contributed by atoms with E-state index in [1.54, 1.807) is 6.07 Å². The van der Waals surface area contributed by atoms with Crippen molar-refractivity contribution in [1.82, 2.24) is 0 Å². The molecule has 90 valence electrons. The zero-order chi connectivity index (χ0) is 12.5. The third-order valence-corrected chi connectivity index (χ3v) is 3.47. The van der Waals surface area contributed by atoms with Gasteiger partial charge in [0.05, 0.1) is 11.3 Å². The van der Waals surface area contributed by atoms with E-state index in [1.165, 1.54) is 12.1 Å². The molecule has 17 heavy (non-hydrogen) atoms. The average molecular weight is 233 g/mol. The Morgan fingerprint density at radius 3 is 2.94 bits per heavy atom. The van der Waals surface area contributed by atoms with E-state index in [9.17, 15) is 4.39 Å². The van der Waals surface area contributed by atoms with Crippen LogP contribution in [0.4, 0.5) is 10.1 Å². The molecule has 0 amide bonds. The highest BCUT2D eigenvalue weighted by molar-refractivity contribution is 5.60. The predicted molar refractivity (Wildman–Crippen MR) is 65.1 cm³/mol.